The van der Waals surface area contributed by atoms with Gasteiger partial charge in [0, 0.05) is 28.6 Å². The second-order valence-electron chi connectivity index (χ2n) is 5.17. The Balaban J connectivity index is 2.06. The molecule has 5 atom stereocenters. The van der Waals surface area contributed by atoms with E-state index in [2.05, 4.69) is 19.2 Å². The van der Waals surface area contributed by atoms with Gasteiger partial charge in [0.25, 0.3) is 0 Å². The number of hydrogen-bond acceptors (Lipinski definition) is 2. The van der Waals surface area contributed by atoms with Crippen molar-refractivity contribution in [3.8, 4) is 0 Å². The van der Waals surface area contributed by atoms with Crippen molar-refractivity contribution < 1.29 is 4.21 Å². The van der Waals surface area contributed by atoms with E-state index < -0.39 is 10.8 Å². The molecular formula is C12H23NOS. The molecule has 2 nitrogen and oxygen atoms in total. The van der Waals surface area contributed by atoms with Gasteiger partial charge in [0.05, 0.1) is 5.25 Å². The lowest BCUT2D eigenvalue weighted by Crippen LogP contribution is -2.46. The highest BCUT2D eigenvalue weighted by Crippen LogP contribution is 2.31. The second-order valence-corrected chi connectivity index (χ2v) is 6.95. The Morgan fingerprint density at radius 3 is 2.87 bits per heavy atom. The van der Waals surface area contributed by atoms with E-state index in [9.17, 15) is 4.21 Å². The summed E-state index contributed by atoms with van der Waals surface area (Å²) < 4.78 is 12.1. The first-order valence-electron chi connectivity index (χ1n) is 6.34. The molecule has 0 aromatic carbocycles. The third kappa shape index (κ3) is 2.62. The van der Waals surface area contributed by atoms with Gasteiger partial charge in [-0.05, 0) is 38.5 Å². The molecule has 1 heterocycles. The van der Waals surface area contributed by atoms with Crippen molar-refractivity contribution in [3.63, 3.8) is 0 Å². The predicted octanol–water partition coefficient (Wildman–Crippen LogP) is 2.06. The first-order chi connectivity index (χ1) is 7.20. The van der Waals surface area contributed by atoms with Crippen molar-refractivity contribution in [2.75, 3.05) is 5.75 Å². The van der Waals surface area contributed by atoms with Crippen molar-refractivity contribution in [3.05, 3.63) is 0 Å². The summed E-state index contributed by atoms with van der Waals surface area (Å²) in [5.74, 6) is 1.73. The van der Waals surface area contributed by atoms with Crippen LogP contribution in [0.5, 0.6) is 0 Å². The van der Waals surface area contributed by atoms with Crippen molar-refractivity contribution in [1.82, 2.24) is 5.32 Å². The third-order valence-electron chi connectivity index (χ3n) is 4.07. The van der Waals surface area contributed by atoms with Crippen LogP contribution in [-0.2, 0) is 10.8 Å². The van der Waals surface area contributed by atoms with E-state index in [1.165, 1.54) is 25.7 Å². The predicted molar refractivity (Wildman–Crippen MR) is 65.4 cm³/mol. The summed E-state index contributed by atoms with van der Waals surface area (Å²) in [4.78, 5) is 0. The topological polar surface area (TPSA) is 29.1 Å². The van der Waals surface area contributed by atoms with E-state index in [1.54, 1.807) is 0 Å². The molecule has 1 aliphatic carbocycles. The Morgan fingerprint density at radius 1 is 1.33 bits per heavy atom. The summed E-state index contributed by atoms with van der Waals surface area (Å²) in [5, 5.41) is 4.10. The van der Waals surface area contributed by atoms with Crippen LogP contribution in [0.4, 0.5) is 0 Å². The lowest BCUT2D eigenvalue weighted by atomic mass is 9.84. The highest BCUT2D eigenvalue weighted by atomic mass is 32.2. The minimum absolute atomic E-state index is 0.439. The van der Waals surface area contributed by atoms with Crippen LogP contribution in [0.1, 0.15) is 46.0 Å². The Morgan fingerprint density at radius 2 is 2.13 bits per heavy atom. The Hall–Kier alpha value is 0.110. The van der Waals surface area contributed by atoms with Gasteiger partial charge in [0.1, 0.15) is 0 Å². The fourth-order valence-electron chi connectivity index (χ4n) is 2.96. The lowest BCUT2D eigenvalue weighted by Gasteiger charge is -2.35. The van der Waals surface area contributed by atoms with Gasteiger partial charge >= 0.3 is 0 Å². The van der Waals surface area contributed by atoms with Crippen LogP contribution in [0.25, 0.3) is 0 Å². The average molecular weight is 229 g/mol. The standard InChI is InChI=1S/C12H23NOS/c1-3-10-4-5-11-12(8-10)15(14)7-6-9(2)13-11/h9-13H,3-8H2,1-2H3. The van der Waals surface area contributed by atoms with Gasteiger partial charge in [0.15, 0.2) is 0 Å². The van der Waals surface area contributed by atoms with Crippen LogP contribution in [0.15, 0.2) is 0 Å². The van der Waals surface area contributed by atoms with Crippen LogP contribution in [0.2, 0.25) is 0 Å². The molecule has 0 amide bonds. The zero-order valence-electron chi connectivity index (χ0n) is 9.87. The monoisotopic (exact) mass is 229 g/mol. The van der Waals surface area contributed by atoms with Crippen LogP contribution >= 0.6 is 0 Å². The van der Waals surface area contributed by atoms with Crippen LogP contribution in [0, 0.1) is 5.92 Å². The Bertz CT molecular complexity index is 244. The largest absolute Gasteiger partial charge is 0.310 e. The molecule has 0 aromatic rings. The van der Waals surface area contributed by atoms with E-state index in [0.29, 0.717) is 17.3 Å². The molecule has 0 radical (unpaired) electrons. The van der Waals surface area contributed by atoms with Crippen LogP contribution < -0.4 is 5.32 Å². The van der Waals surface area contributed by atoms with Crippen molar-refractivity contribution >= 4 is 10.8 Å². The maximum atomic E-state index is 12.1. The molecular weight excluding hydrogens is 206 g/mol. The summed E-state index contributed by atoms with van der Waals surface area (Å²) >= 11 is 0. The highest BCUT2D eigenvalue weighted by Gasteiger charge is 2.36. The molecule has 0 bridgehead atoms. The SMILES string of the molecule is CCC1CCC2NC(C)CCS(=O)C2C1. The quantitative estimate of drug-likeness (QED) is 0.746. The summed E-state index contributed by atoms with van der Waals surface area (Å²) in [6, 6.07) is 1.09. The molecule has 88 valence electrons. The van der Waals surface area contributed by atoms with Crippen molar-refractivity contribution in [2.24, 2.45) is 5.92 Å². The van der Waals surface area contributed by atoms with Crippen molar-refractivity contribution in [2.45, 2.75) is 63.3 Å². The number of rotatable bonds is 1. The smallest absolute Gasteiger partial charge is 0.0503 e. The first-order valence-corrected chi connectivity index (χ1v) is 7.72. The summed E-state index contributed by atoms with van der Waals surface area (Å²) in [7, 11) is -0.580. The van der Waals surface area contributed by atoms with Crippen LogP contribution in [0.3, 0.4) is 0 Å². The number of fused-ring (bicyclic) bond motifs is 1. The third-order valence-corrected chi connectivity index (χ3v) is 5.90. The molecule has 2 fully saturated rings. The minimum Gasteiger partial charge on any atom is -0.310 e. The molecule has 2 aliphatic rings. The molecule has 2 rings (SSSR count). The van der Waals surface area contributed by atoms with Gasteiger partial charge in [0.2, 0.25) is 0 Å². The highest BCUT2D eigenvalue weighted by molar-refractivity contribution is 7.85. The summed E-state index contributed by atoms with van der Waals surface area (Å²) in [5.41, 5.74) is 0. The van der Waals surface area contributed by atoms with Gasteiger partial charge in [-0.15, -0.1) is 0 Å². The molecule has 0 spiro atoms. The van der Waals surface area contributed by atoms with Gasteiger partial charge in [-0.25, -0.2) is 0 Å². The maximum absolute atomic E-state index is 12.1. The number of hydrogen-bond donors (Lipinski definition) is 1. The first kappa shape index (κ1) is 11.6. The van der Waals surface area contributed by atoms with Crippen LogP contribution in [-0.4, -0.2) is 27.3 Å². The van der Waals surface area contributed by atoms with Gasteiger partial charge < -0.3 is 5.32 Å². The lowest BCUT2D eigenvalue weighted by molar-refractivity contribution is 0.281. The maximum Gasteiger partial charge on any atom is 0.0503 e. The number of nitrogens with one attached hydrogen (secondary N) is 1. The van der Waals surface area contributed by atoms with Gasteiger partial charge in [-0.1, -0.05) is 13.3 Å². The zero-order chi connectivity index (χ0) is 10.8. The second kappa shape index (κ2) is 4.96. The average Bonchev–Trinajstić information content (AvgIpc) is 2.39. The Kier molecular flexibility index (Phi) is 3.83. The van der Waals surface area contributed by atoms with Gasteiger partial charge in [-0.2, -0.15) is 0 Å². The van der Waals surface area contributed by atoms with E-state index >= 15 is 0 Å². The van der Waals surface area contributed by atoms with E-state index in [1.807, 2.05) is 0 Å². The zero-order valence-corrected chi connectivity index (χ0v) is 10.7. The van der Waals surface area contributed by atoms with Gasteiger partial charge in [-0.3, -0.25) is 4.21 Å². The Labute approximate surface area is 95.7 Å². The molecule has 1 N–H and O–H groups in total. The fraction of sp³-hybridized carbons (Fsp3) is 1.00. The van der Waals surface area contributed by atoms with E-state index in [4.69, 9.17) is 0 Å². The van der Waals surface area contributed by atoms with Crippen molar-refractivity contribution in [1.29, 1.82) is 0 Å². The molecule has 15 heavy (non-hydrogen) atoms. The molecule has 1 aliphatic heterocycles. The molecule has 1 saturated heterocycles. The minimum atomic E-state index is -0.580. The van der Waals surface area contributed by atoms with E-state index in [-0.39, 0.29) is 0 Å². The molecule has 5 unspecified atom stereocenters. The molecule has 3 heteroatoms. The summed E-state index contributed by atoms with van der Waals surface area (Å²) in [6.07, 6.45) is 6.09. The molecule has 0 aromatic heterocycles. The normalized spacial score (nSPS) is 46.9. The summed E-state index contributed by atoms with van der Waals surface area (Å²) in [6.45, 7) is 4.49. The molecule has 1 saturated carbocycles. The fourth-order valence-corrected chi connectivity index (χ4v) is 4.91. The van der Waals surface area contributed by atoms with E-state index in [0.717, 1.165) is 18.1 Å².